The lowest BCUT2D eigenvalue weighted by Gasteiger charge is -2.02. The van der Waals surface area contributed by atoms with Crippen molar-refractivity contribution in [2.45, 2.75) is 20.3 Å². The van der Waals surface area contributed by atoms with Crippen molar-refractivity contribution < 1.29 is 9.59 Å². The first-order valence-corrected chi connectivity index (χ1v) is 4.12. The molecule has 0 saturated carbocycles. The number of hydrogen-bond acceptors (Lipinski definition) is 4. The highest BCUT2D eigenvalue weighted by Crippen LogP contribution is 2.04. The van der Waals surface area contributed by atoms with E-state index in [-0.39, 0.29) is 12.2 Å². The molecule has 0 aliphatic heterocycles. The molecule has 0 unspecified atom stereocenters. The fourth-order valence-corrected chi connectivity index (χ4v) is 1.10. The minimum absolute atomic E-state index is 0.000967. The molecule has 5 heteroatoms. The smallest absolute Gasteiger partial charge is 0.225 e. The van der Waals surface area contributed by atoms with Gasteiger partial charge in [-0.15, -0.1) is 0 Å². The topological polar surface area (TPSA) is 85.9 Å². The van der Waals surface area contributed by atoms with E-state index in [2.05, 4.69) is 9.97 Å². The van der Waals surface area contributed by atoms with Gasteiger partial charge in [0.05, 0.1) is 17.7 Å². The number of carbonyl (C=O) groups is 2. The third kappa shape index (κ3) is 2.35. The van der Waals surface area contributed by atoms with E-state index < -0.39 is 5.91 Å². The summed E-state index contributed by atoms with van der Waals surface area (Å²) in [6.45, 7) is 3.14. The molecule has 1 rings (SSSR count). The minimum Gasteiger partial charge on any atom is -0.369 e. The van der Waals surface area contributed by atoms with Gasteiger partial charge in [0.2, 0.25) is 5.91 Å². The number of amides is 1. The van der Waals surface area contributed by atoms with E-state index in [4.69, 9.17) is 5.73 Å². The highest BCUT2D eigenvalue weighted by Gasteiger charge is 2.08. The number of nitrogens with zero attached hydrogens (tertiary/aromatic N) is 2. The van der Waals surface area contributed by atoms with E-state index in [0.29, 0.717) is 17.1 Å². The molecule has 1 aromatic rings. The van der Waals surface area contributed by atoms with Crippen LogP contribution in [0.25, 0.3) is 0 Å². The van der Waals surface area contributed by atoms with Gasteiger partial charge in [-0.3, -0.25) is 9.59 Å². The Kier molecular flexibility index (Phi) is 2.91. The standard InChI is InChI=1S/C9H11N3O2/c1-5-7(6(2)13)4-11-9(12-5)3-8(10)14/h4H,3H2,1-2H3,(H2,10,14). The third-order valence-corrected chi connectivity index (χ3v) is 1.74. The fraction of sp³-hybridized carbons (Fsp3) is 0.333. The molecule has 1 amide bonds. The number of aryl methyl sites for hydroxylation is 1. The summed E-state index contributed by atoms with van der Waals surface area (Å²) in [6, 6.07) is 0. The number of ketones is 1. The van der Waals surface area contributed by atoms with Crippen LogP contribution in [0.15, 0.2) is 6.20 Å². The molecule has 0 spiro atoms. The van der Waals surface area contributed by atoms with E-state index in [1.54, 1.807) is 6.92 Å². The molecule has 1 heterocycles. The maximum absolute atomic E-state index is 11.0. The zero-order valence-electron chi connectivity index (χ0n) is 8.07. The molecule has 0 atom stereocenters. The van der Waals surface area contributed by atoms with Gasteiger partial charge < -0.3 is 5.73 Å². The van der Waals surface area contributed by atoms with E-state index in [1.165, 1.54) is 13.1 Å². The summed E-state index contributed by atoms with van der Waals surface area (Å²) < 4.78 is 0. The third-order valence-electron chi connectivity index (χ3n) is 1.74. The summed E-state index contributed by atoms with van der Waals surface area (Å²) >= 11 is 0. The van der Waals surface area contributed by atoms with E-state index >= 15 is 0 Å². The van der Waals surface area contributed by atoms with Gasteiger partial charge in [0.1, 0.15) is 5.82 Å². The lowest BCUT2D eigenvalue weighted by molar-refractivity contribution is -0.117. The molecule has 0 bridgehead atoms. The Morgan fingerprint density at radius 3 is 2.57 bits per heavy atom. The van der Waals surface area contributed by atoms with Crippen molar-refractivity contribution in [3.8, 4) is 0 Å². The summed E-state index contributed by atoms with van der Waals surface area (Å²) in [5, 5.41) is 0. The first-order valence-electron chi connectivity index (χ1n) is 4.12. The van der Waals surface area contributed by atoms with Gasteiger partial charge in [0.25, 0.3) is 0 Å². The molecular formula is C9H11N3O2. The highest BCUT2D eigenvalue weighted by molar-refractivity contribution is 5.94. The maximum atomic E-state index is 11.0. The summed E-state index contributed by atoms with van der Waals surface area (Å²) in [5.41, 5.74) is 6.03. The number of carbonyl (C=O) groups excluding carboxylic acids is 2. The number of hydrogen-bond donors (Lipinski definition) is 1. The van der Waals surface area contributed by atoms with Crippen LogP contribution in [0.1, 0.15) is 28.8 Å². The van der Waals surface area contributed by atoms with Crippen molar-refractivity contribution in [1.82, 2.24) is 9.97 Å². The molecule has 0 fully saturated rings. The Bertz CT molecular complexity index is 388. The van der Waals surface area contributed by atoms with E-state index in [0.717, 1.165) is 0 Å². The van der Waals surface area contributed by atoms with Crippen LogP contribution in [0.5, 0.6) is 0 Å². The van der Waals surface area contributed by atoms with Gasteiger partial charge >= 0.3 is 0 Å². The first-order chi connectivity index (χ1) is 6.50. The van der Waals surface area contributed by atoms with Crippen LogP contribution in [0.3, 0.4) is 0 Å². The van der Waals surface area contributed by atoms with Gasteiger partial charge in [-0.1, -0.05) is 0 Å². The molecule has 0 aromatic carbocycles. The Labute approximate surface area is 81.4 Å². The summed E-state index contributed by atoms with van der Waals surface area (Å²) in [6.07, 6.45) is 1.42. The predicted octanol–water partition coefficient (Wildman–Crippen LogP) is 0.0154. The molecule has 5 nitrogen and oxygen atoms in total. The van der Waals surface area contributed by atoms with Gasteiger partial charge in [-0.25, -0.2) is 9.97 Å². The van der Waals surface area contributed by atoms with Crippen molar-refractivity contribution >= 4 is 11.7 Å². The van der Waals surface area contributed by atoms with Crippen molar-refractivity contribution in [3.05, 3.63) is 23.3 Å². The monoisotopic (exact) mass is 193 g/mol. The second-order valence-corrected chi connectivity index (χ2v) is 2.98. The number of rotatable bonds is 3. The molecule has 2 N–H and O–H groups in total. The highest BCUT2D eigenvalue weighted by atomic mass is 16.1. The zero-order valence-corrected chi connectivity index (χ0v) is 8.07. The lowest BCUT2D eigenvalue weighted by atomic mass is 10.2. The van der Waals surface area contributed by atoms with Crippen molar-refractivity contribution in [2.24, 2.45) is 5.73 Å². The molecule has 0 aliphatic rings. The van der Waals surface area contributed by atoms with Crippen molar-refractivity contribution in [1.29, 1.82) is 0 Å². The molecule has 14 heavy (non-hydrogen) atoms. The maximum Gasteiger partial charge on any atom is 0.225 e. The first kappa shape index (κ1) is 10.3. The molecule has 1 aromatic heterocycles. The van der Waals surface area contributed by atoms with Crippen LogP contribution in [0, 0.1) is 6.92 Å². The molecule has 0 saturated heterocycles. The largest absolute Gasteiger partial charge is 0.369 e. The van der Waals surface area contributed by atoms with Gasteiger partial charge in [0.15, 0.2) is 5.78 Å². The van der Waals surface area contributed by atoms with Crippen molar-refractivity contribution in [3.63, 3.8) is 0 Å². The Hall–Kier alpha value is -1.78. The normalized spacial score (nSPS) is 9.86. The number of primary amides is 1. The SMILES string of the molecule is CC(=O)c1cnc(CC(N)=O)nc1C. The van der Waals surface area contributed by atoms with Crippen LogP contribution in [-0.2, 0) is 11.2 Å². The molecule has 74 valence electrons. The van der Waals surface area contributed by atoms with Gasteiger partial charge in [0, 0.05) is 6.20 Å². The van der Waals surface area contributed by atoms with Crippen LogP contribution >= 0.6 is 0 Å². The average Bonchev–Trinajstić information content (AvgIpc) is 2.01. The average molecular weight is 193 g/mol. The van der Waals surface area contributed by atoms with Crippen molar-refractivity contribution in [2.75, 3.05) is 0 Å². The summed E-state index contributed by atoms with van der Waals surface area (Å²) in [7, 11) is 0. The van der Waals surface area contributed by atoms with Crippen LogP contribution in [-0.4, -0.2) is 21.7 Å². The number of aromatic nitrogens is 2. The van der Waals surface area contributed by atoms with Crippen LogP contribution in [0.2, 0.25) is 0 Å². The van der Waals surface area contributed by atoms with Crippen LogP contribution in [0.4, 0.5) is 0 Å². The molecule has 0 radical (unpaired) electrons. The number of nitrogens with two attached hydrogens (primary N) is 1. The molecular weight excluding hydrogens is 182 g/mol. The Balaban J connectivity index is 3.00. The Morgan fingerprint density at radius 1 is 1.50 bits per heavy atom. The van der Waals surface area contributed by atoms with E-state index in [1.807, 2.05) is 0 Å². The second kappa shape index (κ2) is 3.95. The minimum atomic E-state index is -0.486. The molecule has 0 aliphatic carbocycles. The lowest BCUT2D eigenvalue weighted by Crippen LogP contribution is -2.16. The summed E-state index contributed by atoms with van der Waals surface area (Å²) in [4.78, 5) is 29.5. The summed E-state index contributed by atoms with van der Waals surface area (Å²) in [5.74, 6) is -0.229. The second-order valence-electron chi connectivity index (χ2n) is 2.98. The van der Waals surface area contributed by atoms with Crippen LogP contribution < -0.4 is 5.73 Å². The van der Waals surface area contributed by atoms with Gasteiger partial charge in [-0.2, -0.15) is 0 Å². The Morgan fingerprint density at radius 2 is 2.14 bits per heavy atom. The van der Waals surface area contributed by atoms with Gasteiger partial charge in [-0.05, 0) is 13.8 Å². The van der Waals surface area contributed by atoms with E-state index in [9.17, 15) is 9.59 Å². The quantitative estimate of drug-likeness (QED) is 0.685. The predicted molar refractivity (Wildman–Crippen MR) is 49.7 cm³/mol. The number of Topliss-reactive ketones (excluding diaryl/α,β-unsaturated/α-hetero) is 1. The zero-order chi connectivity index (χ0) is 10.7. The fourth-order valence-electron chi connectivity index (χ4n) is 1.10.